The lowest BCUT2D eigenvalue weighted by molar-refractivity contribution is 0.0989. The van der Waals surface area contributed by atoms with Crippen LogP contribution < -0.4 is 14.8 Å². The van der Waals surface area contributed by atoms with Crippen molar-refractivity contribution < 1.29 is 14.3 Å². The molecule has 0 bridgehead atoms. The van der Waals surface area contributed by atoms with Gasteiger partial charge in [-0.15, -0.1) is 0 Å². The molecule has 16 heavy (non-hydrogen) atoms. The first-order valence-electron chi connectivity index (χ1n) is 5.39. The fourth-order valence-corrected chi connectivity index (χ4v) is 1.67. The van der Waals surface area contributed by atoms with Gasteiger partial charge in [0.1, 0.15) is 0 Å². The van der Waals surface area contributed by atoms with Crippen molar-refractivity contribution in [2.24, 2.45) is 0 Å². The molecule has 0 saturated heterocycles. The molecule has 1 aromatic carbocycles. The number of benzene rings is 1. The van der Waals surface area contributed by atoms with Crippen LogP contribution in [0.3, 0.4) is 0 Å². The number of carbonyl (C=O) groups excluding carboxylic acids is 1. The van der Waals surface area contributed by atoms with Crippen LogP contribution in [0, 0.1) is 0 Å². The molecule has 0 unspecified atom stereocenters. The second-order valence-electron chi connectivity index (χ2n) is 3.64. The first-order valence-corrected chi connectivity index (χ1v) is 5.39. The van der Waals surface area contributed by atoms with E-state index in [9.17, 15) is 4.79 Å². The van der Waals surface area contributed by atoms with E-state index in [2.05, 4.69) is 5.32 Å². The molecule has 86 valence electrons. The highest BCUT2D eigenvalue weighted by molar-refractivity contribution is 6.00. The molecule has 1 aliphatic heterocycles. The Bertz CT molecular complexity index is 390. The molecule has 1 aliphatic rings. The summed E-state index contributed by atoms with van der Waals surface area (Å²) in [6.07, 6.45) is 0.842. The van der Waals surface area contributed by atoms with Gasteiger partial charge in [0.25, 0.3) is 0 Å². The Morgan fingerprint density at radius 2 is 2.19 bits per heavy atom. The lowest BCUT2D eigenvalue weighted by atomic mass is 10.1. The first kappa shape index (κ1) is 11.0. The lowest BCUT2D eigenvalue weighted by Gasteiger charge is -2.11. The van der Waals surface area contributed by atoms with Gasteiger partial charge < -0.3 is 14.8 Å². The summed E-state index contributed by atoms with van der Waals surface area (Å²) in [7, 11) is 1.75. The van der Waals surface area contributed by atoms with Crippen molar-refractivity contribution in [2.45, 2.75) is 6.42 Å². The number of hydrogen-bond acceptors (Lipinski definition) is 4. The molecule has 0 amide bonds. The summed E-state index contributed by atoms with van der Waals surface area (Å²) in [4.78, 5) is 11.8. The third-order valence-electron chi connectivity index (χ3n) is 2.41. The van der Waals surface area contributed by atoms with Crippen molar-refractivity contribution in [2.75, 3.05) is 26.8 Å². The molecule has 0 radical (unpaired) electrons. The zero-order valence-corrected chi connectivity index (χ0v) is 9.29. The quantitative estimate of drug-likeness (QED) is 0.780. The maximum absolute atomic E-state index is 11.8. The molecular formula is C12H15NO3. The molecule has 0 saturated carbocycles. The molecule has 1 heterocycles. The molecular weight excluding hydrogens is 206 g/mol. The van der Waals surface area contributed by atoms with Gasteiger partial charge in [-0.3, -0.25) is 4.79 Å². The number of likely N-dealkylation sites (N-methyl/N-ethyl adjacent to an activating group) is 1. The third-order valence-corrected chi connectivity index (χ3v) is 2.41. The normalized spacial score (nSPS) is 14.3. The van der Waals surface area contributed by atoms with E-state index in [1.165, 1.54) is 0 Å². The largest absolute Gasteiger partial charge is 0.490 e. The number of rotatable bonds is 3. The zero-order chi connectivity index (χ0) is 11.4. The van der Waals surface area contributed by atoms with E-state index < -0.39 is 0 Å². The van der Waals surface area contributed by atoms with Crippen LogP contribution in [0.2, 0.25) is 0 Å². The number of nitrogens with one attached hydrogen (secondary N) is 1. The SMILES string of the molecule is CNCC(=O)c1cccc2c1OCCCO2. The van der Waals surface area contributed by atoms with Crippen molar-refractivity contribution in [3.63, 3.8) is 0 Å². The van der Waals surface area contributed by atoms with Gasteiger partial charge in [-0.25, -0.2) is 0 Å². The molecule has 0 aliphatic carbocycles. The summed E-state index contributed by atoms with van der Waals surface area (Å²) in [5.74, 6) is 1.27. The van der Waals surface area contributed by atoms with Gasteiger partial charge in [0.15, 0.2) is 17.3 Å². The minimum Gasteiger partial charge on any atom is -0.490 e. The summed E-state index contributed by atoms with van der Waals surface area (Å²) < 4.78 is 11.1. The molecule has 4 heteroatoms. The van der Waals surface area contributed by atoms with E-state index in [0.29, 0.717) is 36.8 Å². The van der Waals surface area contributed by atoms with Crippen LogP contribution in [0.15, 0.2) is 18.2 Å². The summed E-state index contributed by atoms with van der Waals surface area (Å²) in [6.45, 7) is 1.54. The van der Waals surface area contributed by atoms with Crippen molar-refractivity contribution in [3.8, 4) is 11.5 Å². The van der Waals surface area contributed by atoms with Crippen molar-refractivity contribution in [3.05, 3.63) is 23.8 Å². The Kier molecular flexibility index (Phi) is 3.41. The molecule has 4 nitrogen and oxygen atoms in total. The molecule has 0 fully saturated rings. The standard InChI is InChI=1S/C12H15NO3/c1-13-8-10(14)9-4-2-5-11-12(9)16-7-3-6-15-11/h2,4-5,13H,3,6-8H2,1H3. The molecule has 2 rings (SSSR count). The average Bonchev–Trinajstić information content (AvgIpc) is 2.53. The van der Waals surface area contributed by atoms with Crippen LogP contribution in [0.5, 0.6) is 11.5 Å². The fourth-order valence-electron chi connectivity index (χ4n) is 1.67. The van der Waals surface area contributed by atoms with Crippen molar-refractivity contribution in [1.29, 1.82) is 0 Å². The highest BCUT2D eigenvalue weighted by atomic mass is 16.5. The molecule has 0 spiro atoms. The highest BCUT2D eigenvalue weighted by Gasteiger charge is 2.18. The molecule has 1 aromatic rings. The molecule has 0 aromatic heterocycles. The number of fused-ring (bicyclic) bond motifs is 1. The predicted molar refractivity (Wildman–Crippen MR) is 60.3 cm³/mol. The molecule has 1 N–H and O–H groups in total. The topological polar surface area (TPSA) is 47.6 Å². The summed E-state index contributed by atoms with van der Waals surface area (Å²) in [6, 6.07) is 5.42. The highest BCUT2D eigenvalue weighted by Crippen LogP contribution is 2.33. The van der Waals surface area contributed by atoms with Gasteiger partial charge in [-0.1, -0.05) is 6.07 Å². The number of hydrogen-bond donors (Lipinski definition) is 1. The minimum absolute atomic E-state index is 0.0184. The van der Waals surface area contributed by atoms with Crippen molar-refractivity contribution >= 4 is 5.78 Å². The summed E-state index contributed by atoms with van der Waals surface area (Å²) >= 11 is 0. The van der Waals surface area contributed by atoms with Gasteiger partial charge in [0.2, 0.25) is 0 Å². The fraction of sp³-hybridized carbons (Fsp3) is 0.417. The summed E-state index contributed by atoms with van der Waals surface area (Å²) in [5, 5.41) is 2.84. The van der Waals surface area contributed by atoms with Gasteiger partial charge in [-0.2, -0.15) is 0 Å². The number of ketones is 1. The van der Waals surface area contributed by atoms with Crippen LogP contribution in [0.25, 0.3) is 0 Å². The lowest BCUT2D eigenvalue weighted by Crippen LogP contribution is -2.19. The second-order valence-corrected chi connectivity index (χ2v) is 3.64. The van der Waals surface area contributed by atoms with Crippen LogP contribution >= 0.6 is 0 Å². The Hall–Kier alpha value is -1.55. The van der Waals surface area contributed by atoms with Gasteiger partial charge in [0.05, 0.1) is 25.3 Å². The van der Waals surface area contributed by atoms with E-state index in [-0.39, 0.29) is 5.78 Å². The maximum atomic E-state index is 11.8. The smallest absolute Gasteiger partial charge is 0.180 e. The van der Waals surface area contributed by atoms with Gasteiger partial charge in [-0.05, 0) is 19.2 Å². The van der Waals surface area contributed by atoms with Crippen LogP contribution in [0.4, 0.5) is 0 Å². The van der Waals surface area contributed by atoms with Gasteiger partial charge in [0, 0.05) is 6.42 Å². The zero-order valence-electron chi connectivity index (χ0n) is 9.29. The number of Topliss-reactive ketones (excluding diaryl/α,β-unsaturated/α-hetero) is 1. The number of ether oxygens (including phenoxy) is 2. The number of carbonyl (C=O) groups is 1. The maximum Gasteiger partial charge on any atom is 0.180 e. The first-order chi connectivity index (χ1) is 7.83. The van der Waals surface area contributed by atoms with E-state index in [1.807, 2.05) is 12.1 Å². The van der Waals surface area contributed by atoms with Crippen LogP contribution in [-0.4, -0.2) is 32.6 Å². The predicted octanol–water partition coefficient (Wildman–Crippen LogP) is 1.25. The van der Waals surface area contributed by atoms with Crippen molar-refractivity contribution in [1.82, 2.24) is 5.32 Å². The Labute approximate surface area is 94.6 Å². The van der Waals surface area contributed by atoms with E-state index in [1.54, 1.807) is 13.1 Å². The summed E-state index contributed by atoms with van der Waals surface area (Å²) in [5.41, 5.74) is 0.591. The minimum atomic E-state index is 0.0184. The monoisotopic (exact) mass is 221 g/mol. The average molecular weight is 221 g/mol. The Morgan fingerprint density at radius 3 is 3.00 bits per heavy atom. The van der Waals surface area contributed by atoms with Crippen LogP contribution in [-0.2, 0) is 0 Å². The van der Waals surface area contributed by atoms with Gasteiger partial charge >= 0.3 is 0 Å². The van der Waals surface area contributed by atoms with Crippen LogP contribution in [0.1, 0.15) is 16.8 Å². The van der Waals surface area contributed by atoms with E-state index >= 15 is 0 Å². The second kappa shape index (κ2) is 4.99. The number of para-hydroxylation sites is 1. The van der Waals surface area contributed by atoms with E-state index in [4.69, 9.17) is 9.47 Å². The Balaban J connectivity index is 2.34. The Morgan fingerprint density at radius 1 is 1.38 bits per heavy atom. The van der Waals surface area contributed by atoms with E-state index in [0.717, 1.165) is 6.42 Å². The third kappa shape index (κ3) is 2.17. The molecule has 0 atom stereocenters.